The Hall–Kier alpha value is -5.29. The van der Waals surface area contributed by atoms with Gasteiger partial charge in [-0.3, -0.25) is 9.59 Å². The highest BCUT2D eigenvalue weighted by atomic mass is 32.2. The summed E-state index contributed by atoms with van der Waals surface area (Å²) in [5.41, 5.74) is 6.01. The van der Waals surface area contributed by atoms with E-state index < -0.39 is 0 Å². The molecule has 6 rings (SSSR count). The number of nitrogens with zero attached hydrogens (tertiary/aromatic N) is 2. The molecule has 0 bridgehead atoms. The number of halogens is 1. The van der Waals surface area contributed by atoms with Crippen LogP contribution < -0.4 is 19.7 Å². The van der Waals surface area contributed by atoms with Crippen molar-refractivity contribution >= 4 is 51.5 Å². The number of nitrogens with one attached hydrogen (secondary N) is 2. The molecule has 9 nitrogen and oxygen atoms in total. The lowest BCUT2D eigenvalue weighted by atomic mass is 9.97. The summed E-state index contributed by atoms with van der Waals surface area (Å²) in [5, 5.41) is 5.93. The van der Waals surface area contributed by atoms with Gasteiger partial charge < -0.3 is 28.5 Å². The molecule has 2 heterocycles. The molecule has 0 spiro atoms. The molecular formula is C34H29FN4O5S. The molecule has 2 amide bonds. The Morgan fingerprint density at radius 1 is 0.867 bits per heavy atom. The minimum Gasteiger partial charge on any atom is -0.496 e. The highest BCUT2D eigenvalue weighted by molar-refractivity contribution is 7.99. The largest absolute Gasteiger partial charge is 0.496 e. The predicted octanol–water partition coefficient (Wildman–Crippen LogP) is 7.16. The zero-order valence-corrected chi connectivity index (χ0v) is 26.0. The van der Waals surface area contributed by atoms with Gasteiger partial charge in [0.05, 0.1) is 23.9 Å². The summed E-state index contributed by atoms with van der Waals surface area (Å²) in [6.45, 7) is 0. The third-order valence-electron chi connectivity index (χ3n) is 7.60. The number of hydrogen-bond donors (Lipinski definition) is 2. The maximum atomic E-state index is 13.7. The lowest BCUT2D eigenvalue weighted by Crippen LogP contribution is -2.18. The average molecular weight is 625 g/mol. The number of rotatable bonds is 8. The van der Waals surface area contributed by atoms with Gasteiger partial charge in [-0.15, -0.1) is 0 Å². The Bertz CT molecular complexity index is 2090. The molecule has 0 atom stereocenters. The molecule has 6 aromatic rings. The Balaban J connectivity index is 1.56. The number of anilines is 1. The second-order valence-corrected chi connectivity index (χ2v) is 11.0. The smallest absolute Gasteiger partial charge is 0.255 e. The highest BCUT2D eigenvalue weighted by Gasteiger charge is 2.25. The first kappa shape index (κ1) is 29.8. The molecule has 11 heteroatoms. The number of fused-ring (bicyclic) bond motifs is 2. The summed E-state index contributed by atoms with van der Waals surface area (Å²) in [5.74, 6) is 0.273. The van der Waals surface area contributed by atoms with Crippen LogP contribution in [0.2, 0.25) is 0 Å². The second kappa shape index (κ2) is 12.0. The van der Waals surface area contributed by atoms with E-state index in [2.05, 4.69) is 15.6 Å². The van der Waals surface area contributed by atoms with Crippen molar-refractivity contribution in [2.75, 3.05) is 38.8 Å². The monoisotopic (exact) mass is 624 g/mol. The van der Waals surface area contributed by atoms with E-state index in [9.17, 15) is 14.0 Å². The molecule has 45 heavy (non-hydrogen) atoms. The number of aromatic nitrogens is 1. The fourth-order valence-corrected chi connectivity index (χ4v) is 5.59. The number of carbonyl (C=O) groups excluding carboxylic acids is 2. The summed E-state index contributed by atoms with van der Waals surface area (Å²) < 4.78 is 33.8. The normalized spacial score (nSPS) is 11.2. The van der Waals surface area contributed by atoms with Crippen molar-refractivity contribution < 1.29 is 27.6 Å². The summed E-state index contributed by atoms with van der Waals surface area (Å²) in [7, 11) is 6.63. The molecule has 0 aliphatic carbocycles. The second-order valence-electron chi connectivity index (χ2n) is 10.1. The van der Waals surface area contributed by atoms with Crippen molar-refractivity contribution in [2.24, 2.45) is 0 Å². The van der Waals surface area contributed by atoms with E-state index in [1.807, 2.05) is 47.9 Å². The molecule has 2 aromatic heterocycles. The lowest BCUT2D eigenvalue weighted by molar-refractivity contribution is 0.0955. The van der Waals surface area contributed by atoms with E-state index in [1.165, 1.54) is 24.1 Å². The number of hydrogen-bond acceptors (Lipinski definition) is 8. The highest BCUT2D eigenvalue weighted by Crippen LogP contribution is 2.44. The maximum Gasteiger partial charge on any atom is 0.255 e. The van der Waals surface area contributed by atoms with Gasteiger partial charge in [-0.2, -0.15) is 0 Å². The molecule has 0 radical (unpaired) electrons. The number of furan rings is 1. The van der Waals surface area contributed by atoms with Crippen molar-refractivity contribution in [3.63, 3.8) is 0 Å². The number of benzene rings is 4. The minimum atomic E-state index is -0.385. The van der Waals surface area contributed by atoms with Crippen LogP contribution in [0.4, 0.5) is 10.1 Å². The first-order valence-corrected chi connectivity index (χ1v) is 15.1. The number of oxazole rings is 1. The molecule has 0 aliphatic rings. The van der Waals surface area contributed by atoms with Gasteiger partial charge in [0.1, 0.15) is 28.4 Å². The summed E-state index contributed by atoms with van der Waals surface area (Å²) in [6, 6.07) is 20.4. The van der Waals surface area contributed by atoms with Gasteiger partial charge in [0.2, 0.25) is 5.89 Å². The van der Waals surface area contributed by atoms with Crippen LogP contribution in [0, 0.1) is 5.82 Å². The maximum absolute atomic E-state index is 13.7. The van der Waals surface area contributed by atoms with Crippen molar-refractivity contribution in [3.8, 4) is 39.7 Å². The number of methoxy groups -OCH3 is 1. The SMILES string of the molecule is CNC(=O)c1ccc2nc(-c3cc(-c4cc5c(C(=O)NC)c(-c6ccc(F)cc6)oc5cc4N(C)SC)ccc3OC)oc2c1. The zero-order chi connectivity index (χ0) is 31.8. The first-order valence-electron chi connectivity index (χ1n) is 13.9. The summed E-state index contributed by atoms with van der Waals surface area (Å²) >= 11 is 1.51. The van der Waals surface area contributed by atoms with Crippen LogP contribution in [0.5, 0.6) is 5.75 Å². The van der Waals surface area contributed by atoms with E-state index in [-0.39, 0.29) is 17.6 Å². The van der Waals surface area contributed by atoms with E-state index in [4.69, 9.17) is 13.6 Å². The molecule has 2 N–H and O–H groups in total. The number of amides is 2. The Morgan fingerprint density at radius 3 is 2.29 bits per heavy atom. The van der Waals surface area contributed by atoms with Crippen LogP contribution in [0.3, 0.4) is 0 Å². The molecule has 0 saturated heterocycles. The molecular weight excluding hydrogens is 595 g/mol. The van der Waals surface area contributed by atoms with Gasteiger partial charge in [0.15, 0.2) is 5.58 Å². The van der Waals surface area contributed by atoms with Crippen LogP contribution >= 0.6 is 11.9 Å². The average Bonchev–Trinajstić information content (AvgIpc) is 3.67. The third kappa shape index (κ3) is 5.35. The summed E-state index contributed by atoms with van der Waals surface area (Å²) in [4.78, 5) is 30.1. The molecule has 0 unspecified atom stereocenters. The molecule has 0 saturated carbocycles. The van der Waals surface area contributed by atoms with Gasteiger partial charge in [-0.1, -0.05) is 18.0 Å². The van der Waals surface area contributed by atoms with Crippen LogP contribution in [0.15, 0.2) is 81.6 Å². The zero-order valence-electron chi connectivity index (χ0n) is 25.2. The molecule has 228 valence electrons. The van der Waals surface area contributed by atoms with Crippen molar-refractivity contribution in [3.05, 3.63) is 89.7 Å². The fraction of sp³-hybridized carbons (Fsp3) is 0.147. The molecule has 0 aliphatic heterocycles. The van der Waals surface area contributed by atoms with E-state index >= 15 is 0 Å². The topological polar surface area (TPSA) is 110 Å². The van der Waals surface area contributed by atoms with E-state index in [1.54, 1.807) is 51.5 Å². The van der Waals surface area contributed by atoms with Crippen molar-refractivity contribution in [2.45, 2.75) is 0 Å². The van der Waals surface area contributed by atoms with Crippen molar-refractivity contribution in [1.82, 2.24) is 15.6 Å². The molecule has 0 fully saturated rings. The Labute approximate surface area is 262 Å². The van der Waals surface area contributed by atoms with Crippen LogP contribution in [-0.2, 0) is 0 Å². The Morgan fingerprint density at radius 2 is 1.60 bits per heavy atom. The van der Waals surface area contributed by atoms with Gasteiger partial charge >= 0.3 is 0 Å². The van der Waals surface area contributed by atoms with Gasteiger partial charge in [0, 0.05) is 55.5 Å². The quantitative estimate of drug-likeness (QED) is 0.172. The lowest BCUT2D eigenvalue weighted by Gasteiger charge is -2.20. The van der Waals surface area contributed by atoms with Gasteiger partial charge in [-0.05, 0) is 66.2 Å². The minimum absolute atomic E-state index is 0.229. The predicted molar refractivity (Wildman–Crippen MR) is 175 cm³/mol. The van der Waals surface area contributed by atoms with Gasteiger partial charge in [0.25, 0.3) is 11.8 Å². The first-order chi connectivity index (χ1) is 21.8. The van der Waals surface area contributed by atoms with Crippen molar-refractivity contribution in [1.29, 1.82) is 0 Å². The third-order valence-corrected chi connectivity index (χ3v) is 8.34. The fourth-order valence-electron chi connectivity index (χ4n) is 5.25. The van der Waals surface area contributed by atoms with Crippen LogP contribution in [0.1, 0.15) is 20.7 Å². The number of carbonyl (C=O) groups is 2. The van der Waals surface area contributed by atoms with Crippen LogP contribution in [0.25, 0.3) is 56.0 Å². The summed E-state index contributed by atoms with van der Waals surface area (Å²) in [6.07, 6.45) is 1.96. The molecule has 4 aromatic carbocycles. The van der Waals surface area contributed by atoms with E-state index in [0.29, 0.717) is 61.7 Å². The number of ether oxygens (including phenoxy) is 1. The standard InChI is InChI=1S/C34H29FN4O5S/c1-36-32(40)20-8-12-25-29(15-20)44-34(38-25)24-14-19(9-13-27(24)42-4)22-16-23-28(17-26(22)39(3)45-5)43-31(30(23)33(41)37-2)18-6-10-21(35)11-7-18/h6-17H,1-5H3,(H,36,40)(H,37,41). The van der Waals surface area contributed by atoms with Gasteiger partial charge in [-0.25, -0.2) is 9.37 Å². The van der Waals surface area contributed by atoms with E-state index in [0.717, 1.165) is 16.8 Å². The Kier molecular flexibility index (Phi) is 7.94. The van der Waals surface area contributed by atoms with Crippen LogP contribution in [-0.4, -0.2) is 51.3 Å².